The summed E-state index contributed by atoms with van der Waals surface area (Å²) < 4.78 is 30.2. The first-order valence-corrected chi connectivity index (χ1v) is 5.83. The molecule has 0 spiro atoms. The van der Waals surface area contributed by atoms with Gasteiger partial charge in [0.2, 0.25) is 0 Å². The maximum atomic E-state index is 12.8. The van der Waals surface area contributed by atoms with Crippen molar-refractivity contribution in [3.8, 4) is 0 Å². The quantitative estimate of drug-likeness (QED) is 0.603. The summed E-state index contributed by atoms with van der Waals surface area (Å²) in [5.74, 6) is -0.631. The third-order valence-electron chi connectivity index (χ3n) is 2.07. The van der Waals surface area contributed by atoms with Crippen LogP contribution in [0.5, 0.6) is 0 Å². The first-order valence-electron chi connectivity index (χ1n) is 5.08. The van der Waals surface area contributed by atoms with Crippen LogP contribution in [0.2, 0.25) is 10.0 Å². The van der Waals surface area contributed by atoms with Crippen molar-refractivity contribution in [1.82, 2.24) is 0 Å². The molecular weight excluding hydrogens is 285 g/mol. The maximum absolute atomic E-state index is 12.8. The van der Waals surface area contributed by atoms with E-state index in [1.165, 1.54) is 18.2 Å². The average molecular weight is 295 g/mol. The molecular formula is C12H10Cl2F2O2. The third-order valence-corrected chi connectivity index (χ3v) is 2.89. The molecule has 2 nitrogen and oxygen atoms in total. The van der Waals surface area contributed by atoms with Crippen LogP contribution in [0.3, 0.4) is 0 Å². The molecule has 0 aliphatic rings. The van der Waals surface area contributed by atoms with Gasteiger partial charge in [0.05, 0.1) is 16.7 Å². The van der Waals surface area contributed by atoms with Gasteiger partial charge < -0.3 is 4.74 Å². The number of benzene rings is 1. The van der Waals surface area contributed by atoms with Gasteiger partial charge in [0.25, 0.3) is 6.43 Å². The highest BCUT2D eigenvalue weighted by molar-refractivity contribution is 6.43. The zero-order chi connectivity index (χ0) is 13.7. The summed E-state index contributed by atoms with van der Waals surface area (Å²) in [4.78, 5) is 11.1. The second-order valence-corrected chi connectivity index (χ2v) is 4.04. The highest BCUT2D eigenvalue weighted by atomic mass is 35.5. The van der Waals surface area contributed by atoms with Crippen molar-refractivity contribution in [3.63, 3.8) is 0 Å². The van der Waals surface area contributed by atoms with Crippen LogP contribution in [0, 0.1) is 0 Å². The van der Waals surface area contributed by atoms with Crippen LogP contribution in [0.4, 0.5) is 8.78 Å². The second kappa shape index (κ2) is 6.71. The summed E-state index contributed by atoms with van der Waals surface area (Å²) >= 11 is 11.6. The van der Waals surface area contributed by atoms with Gasteiger partial charge in [-0.05, 0) is 19.1 Å². The molecule has 0 saturated carbocycles. The maximum Gasteiger partial charge on any atom is 0.330 e. The van der Waals surface area contributed by atoms with Crippen molar-refractivity contribution >= 4 is 35.2 Å². The van der Waals surface area contributed by atoms with Crippen molar-refractivity contribution in [2.75, 3.05) is 6.61 Å². The Hall–Kier alpha value is -1.13. The second-order valence-electron chi connectivity index (χ2n) is 3.25. The highest BCUT2D eigenvalue weighted by Gasteiger charge is 2.16. The molecule has 0 aromatic heterocycles. The molecule has 0 radical (unpaired) electrons. The number of esters is 1. The van der Waals surface area contributed by atoms with E-state index < -0.39 is 12.4 Å². The molecule has 6 heteroatoms. The van der Waals surface area contributed by atoms with E-state index in [4.69, 9.17) is 23.2 Å². The first kappa shape index (κ1) is 14.9. The zero-order valence-electron chi connectivity index (χ0n) is 9.42. The lowest BCUT2D eigenvalue weighted by Crippen LogP contribution is -1.99. The number of carbonyl (C=O) groups is 1. The number of halogens is 4. The number of hydrogen-bond acceptors (Lipinski definition) is 2. The summed E-state index contributed by atoms with van der Waals surface area (Å²) in [5, 5.41) is 0.125. The van der Waals surface area contributed by atoms with Crippen molar-refractivity contribution in [2.45, 2.75) is 13.3 Å². The standard InChI is InChI=1S/C12H10Cl2F2O2/c1-2-18-10(17)6-4-7-8(12(15)16)3-5-9(13)11(7)14/h3-6,12H,2H2,1H3/b6-4+. The molecule has 98 valence electrons. The average Bonchev–Trinajstić information content (AvgIpc) is 2.31. The number of alkyl halides is 2. The molecule has 0 atom stereocenters. The van der Waals surface area contributed by atoms with Crippen LogP contribution in [0.1, 0.15) is 24.5 Å². The van der Waals surface area contributed by atoms with E-state index in [1.807, 2.05) is 0 Å². The van der Waals surface area contributed by atoms with E-state index in [9.17, 15) is 13.6 Å². The fourth-order valence-corrected chi connectivity index (χ4v) is 1.68. The van der Waals surface area contributed by atoms with Gasteiger partial charge in [0.1, 0.15) is 0 Å². The van der Waals surface area contributed by atoms with Crippen molar-refractivity contribution in [3.05, 3.63) is 39.4 Å². The number of ether oxygens (including phenoxy) is 1. The Balaban J connectivity index is 3.13. The Labute approximate surface area is 113 Å². The number of hydrogen-bond donors (Lipinski definition) is 0. The van der Waals surface area contributed by atoms with Gasteiger partial charge in [-0.3, -0.25) is 0 Å². The van der Waals surface area contributed by atoms with E-state index in [0.717, 1.165) is 6.08 Å². The summed E-state index contributed by atoms with van der Waals surface area (Å²) in [6, 6.07) is 2.46. The van der Waals surface area contributed by atoms with Crippen LogP contribution in [0.15, 0.2) is 18.2 Å². The fraction of sp³-hybridized carbons (Fsp3) is 0.250. The normalized spacial score (nSPS) is 11.2. The molecule has 0 heterocycles. The smallest absolute Gasteiger partial charge is 0.330 e. The Bertz CT molecular complexity index is 473. The Morgan fingerprint density at radius 3 is 2.67 bits per heavy atom. The van der Waals surface area contributed by atoms with Crippen LogP contribution in [-0.2, 0) is 9.53 Å². The van der Waals surface area contributed by atoms with E-state index in [0.29, 0.717) is 0 Å². The molecule has 0 aliphatic carbocycles. The minimum absolute atomic E-state index is 0.0185. The van der Waals surface area contributed by atoms with Gasteiger partial charge in [-0.2, -0.15) is 0 Å². The van der Waals surface area contributed by atoms with Crippen molar-refractivity contribution in [2.24, 2.45) is 0 Å². The molecule has 0 aliphatic heterocycles. The van der Waals surface area contributed by atoms with Gasteiger partial charge in [0, 0.05) is 17.2 Å². The predicted octanol–water partition coefficient (Wildman–Crippen LogP) is 4.51. The van der Waals surface area contributed by atoms with Gasteiger partial charge in [-0.15, -0.1) is 0 Å². The number of rotatable bonds is 4. The molecule has 0 saturated heterocycles. The van der Waals surface area contributed by atoms with Gasteiger partial charge >= 0.3 is 5.97 Å². The predicted molar refractivity (Wildman–Crippen MR) is 67.1 cm³/mol. The van der Waals surface area contributed by atoms with Crippen molar-refractivity contribution < 1.29 is 18.3 Å². The minimum atomic E-state index is -2.71. The molecule has 1 aromatic carbocycles. The molecule has 1 rings (SSSR count). The molecule has 0 fully saturated rings. The summed E-state index contributed by atoms with van der Waals surface area (Å²) in [6.07, 6.45) is -0.498. The zero-order valence-corrected chi connectivity index (χ0v) is 10.9. The minimum Gasteiger partial charge on any atom is -0.463 e. The molecule has 0 bridgehead atoms. The Morgan fingerprint density at radius 2 is 2.11 bits per heavy atom. The Kier molecular flexibility index (Phi) is 5.56. The van der Waals surface area contributed by atoms with Crippen LogP contribution < -0.4 is 0 Å². The lowest BCUT2D eigenvalue weighted by Gasteiger charge is -2.08. The van der Waals surface area contributed by atoms with E-state index in [1.54, 1.807) is 6.92 Å². The molecule has 0 amide bonds. The molecule has 18 heavy (non-hydrogen) atoms. The Morgan fingerprint density at radius 1 is 1.44 bits per heavy atom. The van der Waals surface area contributed by atoms with Gasteiger partial charge in [-0.25, -0.2) is 13.6 Å². The lowest BCUT2D eigenvalue weighted by molar-refractivity contribution is -0.137. The summed E-state index contributed by atoms with van der Waals surface area (Å²) in [7, 11) is 0. The SMILES string of the molecule is CCOC(=O)/C=C/c1c(C(F)F)ccc(Cl)c1Cl. The summed E-state index contributed by atoms with van der Waals surface area (Å²) in [6.45, 7) is 1.84. The third kappa shape index (κ3) is 3.68. The van der Waals surface area contributed by atoms with E-state index in [2.05, 4.69) is 4.74 Å². The van der Waals surface area contributed by atoms with Gasteiger partial charge in [0.15, 0.2) is 0 Å². The molecule has 0 unspecified atom stereocenters. The largest absolute Gasteiger partial charge is 0.463 e. The first-order chi connectivity index (χ1) is 8.47. The fourth-order valence-electron chi connectivity index (χ4n) is 1.28. The monoisotopic (exact) mass is 294 g/mol. The lowest BCUT2D eigenvalue weighted by atomic mass is 10.1. The summed E-state index contributed by atoms with van der Waals surface area (Å²) in [5.41, 5.74) is -0.267. The molecule has 1 aromatic rings. The van der Waals surface area contributed by atoms with E-state index >= 15 is 0 Å². The van der Waals surface area contributed by atoms with E-state index in [-0.39, 0.29) is 27.8 Å². The van der Waals surface area contributed by atoms with Crippen LogP contribution in [0.25, 0.3) is 6.08 Å². The van der Waals surface area contributed by atoms with Gasteiger partial charge in [-0.1, -0.05) is 29.3 Å². The van der Waals surface area contributed by atoms with Crippen LogP contribution >= 0.6 is 23.2 Å². The van der Waals surface area contributed by atoms with Crippen molar-refractivity contribution in [1.29, 1.82) is 0 Å². The topological polar surface area (TPSA) is 26.3 Å². The molecule has 0 N–H and O–H groups in total. The number of carbonyl (C=O) groups excluding carboxylic acids is 1. The van der Waals surface area contributed by atoms with Crippen LogP contribution in [-0.4, -0.2) is 12.6 Å². The highest BCUT2D eigenvalue weighted by Crippen LogP contribution is 2.34.